The van der Waals surface area contributed by atoms with Crippen LogP contribution in [0.4, 0.5) is 5.69 Å². The lowest BCUT2D eigenvalue weighted by Gasteiger charge is -2.11. The molecule has 0 atom stereocenters. The summed E-state index contributed by atoms with van der Waals surface area (Å²) < 4.78 is 14.7. The average molecular weight is 375 g/mol. The van der Waals surface area contributed by atoms with Crippen LogP contribution in [0.25, 0.3) is 0 Å². The molecule has 142 valence electrons. The number of Topliss-reactive ketones (excluding diaryl/α,β-unsaturated/α-hetero) is 1. The second-order valence-electron chi connectivity index (χ2n) is 5.39. The van der Waals surface area contributed by atoms with Crippen LogP contribution in [-0.2, 0) is 11.2 Å². The summed E-state index contributed by atoms with van der Waals surface area (Å²) in [6.07, 6.45) is -0.168. The summed E-state index contributed by atoms with van der Waals surface area (Å²) >= 11 is 0. The lowest BCUT2D eigenvalue weighted by molar-refractivity contribution is -0.385. The number of hydrogen-bond acceptors (Lipinski definition) is 8. The van der Waals surface area contributed by atoms with Gasteiger partial charge in [-0.1, -0.05) is 6.07 Å². The number of ketones is 1. The van der Waals surface area contributed by atoms with Crippen molar-refractivity contribution < 1.29 is 33.8 Å². The molecule has 0 radical (unpaired) electrons. The van der Waals surface area contributed by atoms with Crippen LogP contribution in [0.15, 0.2) is 30.3 Å². The summed E-state index contributed by atoms with van der Waals surface area (Å²) in [5.41, 5.74) is 0.139. The molecular weight excluding hydrogens is 358 g/mol. The third-order valence-corrected chi connectivity index (χ3v) is 3.87. The third kappa shape index (κ3) is 3.97. The molecule has 0 aliphatic heterocycles. The minimum Gasteiger partial charge on any atom is -0.504 e. The van der Waals surface area contributed by atoms with Gasteiger partial charge >= 0.3 is 11.7 Å². The molecular formula is C18H17NO8. The quantitative estimate of drug-likeness (QED) is 0.339. The molecule has 0 saturated carbocycles. The molecule has 0 aliphatic carbocycles. The lowest BCUT2D eigenvalue weighted by Crippen LogP contribution is -2.08. The molecule has 0 heterocycles. The molecule has 0 amide bonds. The second-order valence-corrected chi connectivity index (χ2v) is 5.39. The number of nitro benzene ring substituents is 1. The van der Waals surface area contributed by atoms with E-state index in [0.29, 0.717) is 11.3 Å². The number of rotatable bonds is 7. The monoisotopic (exact) mass is 375 g/mol. The van der Waals surface area contributed by atoms with Gasteiger partial charge in [-0.05, 0) is 18.2 Å². The standard InChI is InChI=1S/C18H17NO8/c1-25-15-9-11(18(22)27-3)5-4-10(15)8-14(20)12-6-7-13(19(23)24)17(26-2)16(12)21/h4-7,9,21H,8H2,1-3H3. The SMILES string of the molecule is COC(=O)c1ccc(CC(=O)c2ccc([N+](=O)[O-])c(OC)c2O)c(OC)c1. The highest BCUT2D eigenvalue weighted by Gasteiger charge is 2.25. The molecule has 2 aromatic carbocycles. The van der Waals surface area contributed by atoms with Crippen molar-refractivity contribution >= 4 is 17.4 Å². The highest BCUT2D eigenvalue weighted by atomic mass is 16.6. The predicted molar refractivity (Wildman–Crippen MR) is 93.7 cm³/mol. The Bertz CT molecular complexity index is 906. The van der Waals surface area contributed by atoms with Crippen LogP contribution in [0.1, 0.15) is 26.3 Å². The van der Waals surface area contributed by atoms with Gasteiger partial charge in [0.2, 0.25) is 5.75 Å². The van der Waals surface area contributed by atoms with Gasteiger partial charge in [-0.25, -0.2) is 4.79 Å². The molecule has 0 spiro atoms. The number of carbonyl (C=O) groups is 2. The number of benzene rings is 2. The van der Waals surface area contributed by atoms with Gasteiger partial charge in [0.15, 0.2) is 11.5 Å². The van der Waals surface area contributed by atoms with E-state index >= 15 is 0 Å². The Kier molecular flexibility index (Phi) is 5.96. The Morgan fingerprint density at radius 2 is 1.81 bits per heavy atom. The zero-order chi connectivity index (χ0) is 20.1. The minimum absolute atomic E-state index is 0.128. The van der Waals surface area contributed by atoms with Crippen molar-refractivity contribution in [3.63, 3.8) is 0 Å². The molecule has 9 heteroatoms. The van der Waals surface area contributed by atoms with Crippen LogP contribution in [-0.4, -0.2) is 43.1 Å². The van der Waals surface area contributed by atoms with E-state index in [1.54, 1.807) is 0 Å². The number of carbonyl (C=O) groups excluding carboxylic acids is 2. The van der Waals surface area contributed by atoms with E-state index in [-0.39, 0.29) is 23.3 Å². The highest BCUT2D eigenvalue weighted by Crippen LogP contribution is 2.39. The topological polar surface area (TPSA) is 125 Å². The third-order valence-electron chi connectivity index (χ3n) is 3.87. The largest absolute Gasteiger partial charge is 0.504 e. The Morgan fingerprint density at radius 1 is 1.11 bits per heavy atom. The summed E-state index contributed by atoms with van der Waals surface area (Å²) in [6, 6.07) is 6.69. The van der Waals surface area contributed by atoms with Crippen LogP contribution >= 0.6 is 0 Å². The van der Waals surface area contributed by atoms with Gasteiger partial charge in [-0.15, -0.1) is 0 Å². The molecule has 9 nitrogen and oxygen atoms in total. The molecule has 0 aliphatic rings. The van der Waals surface area contributed by atoms with Crippen molar-refractivity contribution in [2.45, 2.75) is 6.42 Å². The van der Waals surface area contributed by atoms with Crippen LogP contribution in [0.2, 0.25) is 0 Å². The van der Waals surface area contributed by atoms with Crippen LogP contribution < -0.4 is 9.47 Å². The van der Waals surface area contributed by atoms with E-state index in [1.165, 1.54) is 32.4 Å². The maximum Gasteiger partial charge on any atom is 0.337 e. The molecule has 2 rings (SSSR count). The fraction of sp³-hybridized carbons (Fsp3) is 0.222. The number of nitrogens with zero attached hydrogens (tertiary/aromatic N) is 1. The van der Waals surface area contributed by atoms with Crippen LogP contribution in [0, 0.1) is 10.1 Å². The maximum atomic E-state index is 12.6. The first kappa shape index (κ1) is 19.7. The van der Waals surface area contributed by atoms with Gasteiger partial charge in [-0.2, -0.15) is 0 Å². The van der Waals surface area contributed by atoms with Crippen molar-refractivity contribution in [2.24, 2.45) is 0 Å². The summed E-state index contributed by atoms with van der Waals surface area (Å²) in [5.74, 6) is -1.77. The van der Waals surface area contributed by atoms with Crippen LogP contribution in [0.3, 0.4) is 0 Å². The fourth-order valence-electron chi connectivity index (χ4n) is 2.53. The minimum atomic E-state index is -0.721. The van der Waals surface area contributed by atoms with Crippen molar-refractivity contribution in [2.75, 3.05) is 21.3 Å². The van der Waals surface area contributed by atoms with Gasteiger partial charge in [0.1, 0.15) is 5.75 Å². The summed E-state index contributed by atoms with van der Waals surface area (Å²) in [7, 11) is 3.79. The van der Waals surface area contributed by atoms with Gasteiger partial charge in [0.25, 0.3) is 0 Å². The summed E-state index contributed by atoms with van der Waals surface area (Å²) in [4.78, 5) is 34.4. The zero-order valence-corrected chi connectivity index (χ0v) is 14.8. The van der Waals surface area contributed by atoms with E-state index in [9.17, 15) is 24.8 Å². The molecule has 2 aromatic rings. The predicted octanol–water partition coefficient (Wildman–Crippen LogP) is 2.53. The Morgan fingerprint density at radius 3 is 2.37 bits per heavy atom. The fourth-order valence-corrected chi connectivity index (χ4v) is 2.53. The van der Waals surface area contributed by atoms with Crippen molar-refractivity contribution in [1.29, 1.82) is 0 Å². The molecule has 0 bridgehead atoms. The molecule has 27 heavy (non-hydrogen) atoms. The molecule has 0 saturated heterocycles. The smallest absolute Gasteiger partial charge is 0.337 e. The first-order valence-corrected chi connectivity index (χ1v) is 7.66. The first-order valence-electron chi connectivity index (χ1n) is 7.66. The van der Waals surface area contributed by atoms with E-state index < -0.39 is 28.1 Å². The highest BCUT2D eigenvalue weighted by molar-refractivity contribution is 6.01. The maximum absolute atomic E-state index is 12.6. The Labute approximate surface area is 154 Å². The molecule has 1 N–H and O–H groups in total. The number of nitro groups is 1. The zero-order valence-electron chi connectivity index (χ0n) is 14.8. The van der Waals surface area contributed by atoms with E-state index in [4.69, 9.17) is 9.47 Å². The Hall–Kier alpha value is -3.62. The van der Waals surface area contributed by atoms with E-state index in [2.05, 4.69) is 4.74 Å². The van der Waals surface area contributed by atoms with Gasteiger partial charge in [0.05, 0.1) is 37.4 Å². The Balaban J connectivity index is 2.38. The molecule has 0 unspecified atom stereocenters. The van der Waals surface area contributed by atoms with Crippen molar-refractivity contribution in [3.05, 3.63) is 57.1 Å². The number of ether oxygens (including phenoxy) is 3. The molecule has 0 aromatic heterocycles. The van der Waals surface area contributed by atoms with Gasteiger partial charge < -0.3 is 19.3 Å². The second kappa shape index (κ2) is 8.17. The lowest BCUT2D eigenvalue weighted by atomic mass is 9.99. The van der Waals surface area contributed by atoms with Gasteiger partial charge in [-0.3, -0.25) is 14.9 Å². The van der Waals surface area contributed by atoms with E-state index in [1.807, 2.05) is 0 Å². The van der Waals surface area contributed by atoms with Crippen molar-refractivity contribution in [1.82, 2.24) is 0 Å². The van der Waals surface area contributed by atoms with Crippen molar-refractivity contribution in [3.8, 4) is 17.2 Å². The number of phenolic OH excluding ortho intramolecular Hbond substituents is 1. The summed E-state index contributed by atoms with van der Waals surface area (Å²) in [6.45, 7) is 0. The summed E-state index contributed by atoms with van der Waals surface area (Å²) in [5, 5.41) is 21.2. The van der Waals surface area contributed by atoms with Crippen LogP contribution in [0.5, 0.6) is 17.2 Å². The molecule has 0 fully saturated rings. The van der Waals surface area contributed by atoms with Gasteiger partial charge in [0, 0.05) is 18.1 Å². The number of methoxy groups -OCH3 is 3. The number of esters is 1. The number of aromatic hydroxyl groups is 1. The normalized spacial score (nSPS) is 10.2. The number of hydrogen-bond donors (Lipinski definition) is 1. The average Bonchev–Trinajstić information content (AvgIpc) is 2.66. The van der Waals surface area contributed by atoms with E-state index in [0.717, 1.165) is 19.2 Å². The first-order chi connectivity index (χ1) is 12.8. The number of phenols is 1.